The topological polar surface area (TPSA) is 40.6 Å². The van der Waals surface area contributed by atoms with Gasteiger partial charge in [0.2, 0.25) is 11.8 Å². The fraction of sp³-hybridized carbons (Fsp3) is 0.579. The average Bonchev–Trinajstić information content (AvgIpc) is 3.21. The lowest BCUT2D eigenvalue weighted by Gasteiger charge is -2.21. The van der Waals surface area contributed by atoms with Gasteiger partial charge in [-0.2, -0.15) is 0 Å². The number of benzene rings is 1. The van der Waals surface area contributed by atoms with E-state index in [9.17, 15) is 9.59 Å². The molecule has 5 heteroatoms. The van der Waals surface area contributed by atoms with Gasteiger partial charge in [-0.1, -0.05) is 37.6 Å². The van der Waals surface area contributed by atoms with Crippen LogP contribution < -0.4 is 0 Å². The van der Waals surface area contributed by atoms with Gasteiger partial charge in [0.1, 0.15) is 0 Å². The molecule has 1 aromatic carbocycles. The predicted molar refractivity (Wildman–Crippen MR) is 94.9 cm³/mol. The predicted octanol–water partition coefficient (Wildman–Crippen LogP) is 3.16. The van der Waals surface area contributed by atoms with Crippen LogP contribution in [-0.2, 0) is 9.59 Å². The highest BCUT2D eigenvalue weighted by Crippen LogP contribution is 2.34. The average molecular weight is 349 g/mol. The van der Waals surface area contributed by atoms with Crippen LogP contribution in [0.15, 0.2) is 24.3 Å². The smallest absolute Gasteiger partial charge is 0.227 e. The van der Waals surface area contributed by atoms with Crippen LogP contribution >= 0.6 is 11.6 Å². The zero-order valence-corrected chi connectivity index (χ0v) is 15.1. The minimum atomic E-state index is -0.0309. The van der Waals surface area contributed by atoms with E-state index in [1.807, 2.05) is 28.9 Å². The van der Waals surface area contributed by atoms with Gasteiger partial charge in [0.05, 0.1) is 5.92 Å². The third-order valence-electron chi connectivity index (χ3n) is 5.41. The number of likely N-dealkylation sites (tertiary alicyclic amines) is 2. The first kappa shape index (κ1) is 17.3. The van der Waals surface area contributed by atoms with E-state index in [1.54, 1.807) is 0 Å². The molecule has 24 heavy (non-hydrogen) atoms. The molecular formula is C19H25ClN2O2. The Hall–Kier alpha value is -1.55. The number of hydrogen-bond acceptors (Lipinski definition) is 2. The summed E-state index contributed by atoms with van der Waals surface area (Å²) in [5.41, 5.74) is 1.25. The van der Waals surface area contributed by atoms with E-state index < -0.39 is 0 Å². The number of carbonyl (C=O) groups is 2. The van der Waals surface area contributed by atoms with E-state index in [0.717, 1.165) is 24.5 Å². The number of hydrogen-bond donors (Lipinski definition) is 0. The first-order valence-electron chi connectivity index (χ1n) is 8.81. The third-order valence-corrected chi connectivity index (χ3v) is 5.67. The molecule has 2 amide bonds. The second kappa shape index (κ2) is 7.14. The molecular weight excluding hydrogens is 324 g/mol. The lowest BCUT2D eigenvalue weighted by molar-refractivity contribution is -0.134. The van der Waals surface area contributed by atoms with Crippen molar-refractivity contribution in [2.24, 2.45) is 11.8 Å². The normalized spacial score (nSPS) is 26.9. The molecule has 3 rings (SSSR count). The molecule has 0 spiro atoms. The lowest BCUT2D eigenvalue weighted by atomic mass is 9.90. The van der Waals surface area contributed by atoms with Crippen molar-refractivity contribution in [1.29, 1.82) is 0 Å². The van der Waals surface area contributed by atoms with Gasteiger partial charge in [-0.25, -0.2) is 0 Å². The molecule has 2 saturated heterocycles. The summed E-state index contributed by atoms with van der Waals surface area (Å²) < 4.78 is 0. The van der Waals surface area contributed by atoms with E-state index >= 15 is 0 Å². The van der Waals surface area contributed by atoms with Crippen LogP contribution in [0, 0.1) is 11.8 Å². The van der Waals surface area contributed by atoms with Gasteiger partial charge in [-0.3, -0.25) is 9.59 Å². The molecule has 4 nitrogen and oxygen atoms in total. The first-order chi connectivity index (χ1) is 11.5. The molecule has 0 aliphatic carbocycles. The van der Waals surface area contributed by atoms with Crippen molar-refractivity contribution < 1.29 is 9.59 Å². The second-order valence-corrected chi connectivity index (χ2v) is 7.49. The molecule has 3 atom stereocenters. The van der Waals surface area contributed by atoms with Crippen molar-refractivity contribution >= 4 is 23.4 Å². The van der Waals surface area contributed by atoms with Crippen LogP contribution in [0.25, 0.3) is 0 Å². The quantitative estimate of drug-likeness (QED) is 0.841. The molecule has 0 radical (unpaired) electrons. The van der Waals surface area contributed by atoms with Crippen molar-refractivity contribution in [3.63, 3.8) is 0 Å². The van der Waals surface area contributed by atoms with Crippen LogP contribution in [-0.4, -0.2) is 47.8 Å². The van der Waals surface area contributed by atoms with Gasteiger partial charge in [0.15, 0.2) is 0 Å². The molecule has 2 fully saturated rings. The SMILES string of the molecule is CCC(=O)N1CCC(C(=O)N2C[C@@H](C)[C@H](c3ccc(Cl)cc3)C2)C1. The molecule has 1 aromatic rings. The van der Waals surface area contributed by atoms with Crippen LogP contribution in [0.1, 0.15) is 38.2 Å². The van der Waals surface area contributed by atoms with Gasteiger partial charge in [0.25, 0.3) is 0 Å². The van der Waals surface area contributed by atoms with Gasteiger partial charge < -0.3 is 9.80 Å². The van der Waals surface area contributed by atoms with Crippen LogP contribution in [0.2, 0.25) is 5.02 Å². The van der Waals surface area contributed by atoms with Crippen molar-refractivity contribution in [3.05, 3.63) is 34.9 Å². The van der Waals surface area contributed by atoms with Crippen molar-refractivity contribution in [2.45, 2.75) is 32.6 Å². The van der Waals surface area contributed by atoms with E-state index in [2.05, 4.69) is 19.1 Å². The summed E-state index contributed by atoms with van der Waals surface area (Å²) in [5, 5.41) is 0.740. The number of carbonyl (C=O) groups excluding carboxylic acids is 2. The maximum atomic E-state index is 12.8. The minimum Gasteiger partial charge on any atom is -0.342 e. The summed E-state index contributed by atoms with van der Waals surface area (Å²) in [4.78, 5) is 28.5. The Kier molecular flexibility index (Phi) is 5.14. The monoisotopic (exact) mass is 348 g/mol. The summed E-state index contributed by atoms with van der Waals surface area (Å²) in [7, 11) is 0. The van der Waals surface area contributed by atoms with E-state index in [4.69, 9.17) is 11.6 Å². The van der Waals surface area contributed by atoms with Gasteiger partial charge in [-0.15, -0.1) is 0 Å². The Labute approximate surface area is 148 Å². The number of rotatable bonds is 3. The maximum Gasteiger partial charge on any atom is 0.227 e. The molecule has 1 unspecified atom stereocenters. The fourth-order valence-electron chi connectivity index (χ4n) is 3.96. The highest BCUT2D eigenvalue weighted by atomic mass is 35.5. The van der Waals surface area contributed by atoms with E-state index in [-0.39, 0.29) is 17.7 Å². The second-order valence-electron chi connectivity index (χ2n) is 7.06. The molecule has 130 valence electrons. The van der Waals surface area contributed by atoms with Gasteiger partial charge >= 0.3 is 0 Å². The summed E-state index contributed by atoms with van der Waals surface area (Å²) in [6.07, 6.45) is 1.31. The van der Waals surface area contributed by atoms with Crippen molar-refractivity contribution in [2.75, 3.05) is 26.2 Å². The fourth-order valence-corrected chi connectivity index (χ4v) is 4.09. The van der Waals surface area contributed by atoms with E-state index in [1.165, 1.54) is 5.56 Å². The Morgan fingerprint density at radius 1 is 1.12 bits per heavy atom. The zero-order valence-electron chi connectivity index (χ0n) is 14.4. The van der Waals surface area contributed by atoms with Crippen molar-refractivity contribution in [3.8, 4) is 0 Å². The molecule has 0 saturated carbocycles. The van der Waals surface area contributed by atoms with Crippen LogP contribution in [0.3, 0.4) is 0 Å². The summed E-state index contributed by atoms with van der Waals surface area (Å²) in [5.74, 6) is 1.13. The lowest BCUT2D eigenvalue weighted by Crippen LogP contribution is -2.37. The first-order valence-corrected chi connectivity index (χ1v) is 9.19. The Morgan fingerprint density at radius 2 is 1.83 bits per heavy atom. The van der Waals surface area contributed by atoms with Gasteiger partial charge in [-0.05, 0) is 30.0 Å². The number of nitrogens with zero attached hydrogens (tertiary/aromatic N) is 2. The molecule has 2 aliphatic rings. The van der Waals surface area contributed by atoms with E-state index in [0.29, 0.717) is 31.3 Å². The third kappa shape index (κ3) is 3.44. The molecule has 2 heterocycles. The molecule has 0 N–H and O–H groups in total. The summed E-state index contributed by atoms with van der Waals surface area (Å²) in [6, 6.07) is 7.96. The Morgan fingerprint density at radius 3 is 2.50 bits per heavy atom. The largest absolute Gasteiger partial charge is 0.342 e. The highest BCUT2D eigenvalue weighted by molar-refractivity contribution is 6.30. The Bertz CT molecular complexity index is 616. The van der Waals surface area contributed by atoms with Crippen LogP contribution in [0.5, 0.6) is 0 Å². The molecule has 2 aliphatic heterocycles. The number of halogens is 1. The minimum absolute atomic E-state index is 0.0309. The molecule has 0 bridgehead atoms. The standard InChI is InChI=1S/C19H25ClN2O2/c1-3-18(23)21-9-8-15(11-21)19(24)22-10-13(2)17(12-22)14-4-6-16(20)7-5-14/h4-7,13,15,17H,3,8-12H2,1-2H3/t13-,15?,17-/m1/s1. The summed E-state index contributed by atoms with van der Waals surface area (Å²) >= 11 is 5.97. The summed E-state index contributed by atoms with van der Waals surface area (Å²) in [6.45, 7) is 6.93. The molecule has 0 aromatic heterocycles. The van der Waals surface area contributed by atoms with Gasteiger partial charge in [0, 0.05) is 43.5 Å². The van der Waals surface area contributed by atoms with Crippen LogP contribution in [0.4, 0.5) is 0 Å². The number of amides is 2. The highest BCUT2D eigenvalue weighted by Gasteiger charge is 2.38. The zero-order chi connectivity index (χ0) is 17.3. The maximum absolute atomic E-state index is 12.8. The Balaban J connectivity index is 1.63. The van der Waals surface area contributed by atoms with Crippen molar-refractivity contribution in [1.82, 2.24) is 9.80 Å².